The maximum absolute atomic E-state index is 12.3. The zero-order valence-corrected chi connectivity index (χ0v) is 36.6. The number of aliphatic hydroxyl groups is 1. The van der Waals surface area contributed by atoms with Crippen LogP contribution in [0.4, 0.5) is 0 Å². The minimum absolute atomic E-state index is 0.151. The van der Waals surface area contributed by atoms with E-state index in [1.807, 2.05) is 0 Å². The highest BCUT2D eigenvalue weighted by molar-refractivity contribution is 7.47. The molecule has 0 aliphatic heterocycles. The van der Waals surface area contributed by atoms with Crippen LogP contribution in [0.5, 0.6) is 0 Å². The number of esters is 1. The smallest absolute Gasteiger partial charge is 0.472 e. The number of carboxylic acid groups (broad SMARTS) is 1. The van der Waals surface area contributed by atoms with Crippen LogP contribution in [-0.4, -0.2) is 64.9 Å². The molecule has 1 amide bonds. The lowest BCUT2D eigenvalue weighted by molar-refractivity contribution is -0.147. The van der Waals surface area contributed by atoms with Crippen molar-refractivity contribution >= 4 is 25.7 Å². The number of nitrogens with one attached hydrogen (secondary N) is 1. The first kappa shape index (κ1) is 54.2. The van der Waals surface area contributed by atoms with E-state index in [9.17, 15) is 34.1 Å². The summed E-state index contributed by atoms with van der Waals surface area (Å²) in [6.45, 7) is 2.61. The molecular formula is C44H84NO10P. The van der Waals surface area contributed by atoms with Crippen LogP contribution in [0.2, 0.25) is 0 Å². The number of rotatable bonds is 43. The number of phosphoric ester groups is 1. The molecule has 0 aromatic carbocycles. The van der Waals surface area contributed by atoms with Crippen molar-refractivity contribution in [2.45, 2.75) is 231 Å². The summed E-state index contributed by atoms with van der Waals surface area (Å²) in [6.07, 6.45) is 39.4. The standard InChI is InChI=1S/C44H84NO10P/c1-3-5-7-9-11-13-15-17-19-21-23-25-27-29-31-33-35-42(47)45-41(44(49)50)39-55-56(51,52)54-38-40(46)37-53-43(48)36-34-32-30-28-26-24-22-20-18-16-14-12-10-8-6-4-2/h20,22,40-41,46H,3-19,21,23-39H2,1-2H3,(H,45,47)(H,49,50)(H,51,52)/b22-20-. The molecule has 0 saturated carbocycles. The molecule has 0 saturated heterocycles. The van der Waals surface area contributed by atoms with Gasteiger partial charge in [0.2, 0.25) is 5.91 Å². The fourth-order valence-electron chi connectivity index (χ4n) is 6.49. The summed E-state index contributed by atoms with van der Waals surface area (Å²) in [6, 6.07) is -1.54. The lowest BCUT2D eigenvalue weighted by Gasteiger charge is -2.18. The molecule has 0 bridgehead atoms. The molecule has 3 unspecified atom stereocenters. The summed E-state index contributed by atoms with van der Waals surface area (Å²) in [5, 5.41) is 21.8. The van der Waals surface area contributed by atoms with Gasteiger partial charge in [-0.3, -0.25) is 18.6 Å². The van der Waals surface area contributed by atoms with Gasteiger partial charge in [0, 0.05) is 12.8 Å². The van der Waals surface area contributed by atoms with Crippen molar-refractivity contribution in [1.29, 1.82) is 0 Å². The molecule has 11 nitrogen and oxygen atoms in total. The summed E-state index contributed by atoms with van der Waals surface area (Å²) >= 11 is 0. The van der Waals surface area contributed by atoms with Crippen LogP contribution in [0.15, 0.2) is 12.2 Å². The van der Waals surface area contributed by atoms with Crippen LogP contribution in [0.25, 0.3) is 0 Å². The zero-order chi connectivity index (χ0) is 41.4. The fraction of sp³-hybridized carbons (Fsp3) is 0.886. The summed E-state index contributed by atoms with van der Waals surface area (Å²) in [4.78, 5) is 45.9. The van der Waals surface area contributed by atoms with E-state index in [2.05, 4.69) is 31.3 Å². The summed E-state index contributed by atoms with van der Waals surface area (Å²) < 4.78 is 26.8. The number of allylic oxidation sites excluding steroid dienone is 2. The molecule has 3 atom stereocenters. The topological polar surface area (TPSA) is 169 Å². The Morgan fingerprint density at radius 1 is 0.554 bits per heavy atom. The van der Waals surface area contributed by atoms with Gasteiger partial charge < -0.3 is 25.2 Å². The second-order valence-corrected chi connectivity index (χ2v) is 17.0. The molecule has 0 aliphatic rings. The van der Waals surface area contributed by atoms with E-state index in [-0.39, 0.29) is 12.8 Å². The first-order valence-corrected chi connectivity index (χ1v) is 24.2. The quantitative estimate of drug-likeness (QED) is 0.0201. The molecule has 0 radical (unpaired) electrons. The van der Waals surface area contributed by atoms with E-state index >= 15 is 0 Å². The number of hydrogen-bond donors (Lipinski definition) is 4. The molecule has 0 heterocycles. The number of carbonyl (C=O) groups is 3. The van der Waals surface area contributed by atoms with Gasteiger partial charge in [0.1, 0.15) is 12.7 Å². The molecule has 12 heteroatoms. The number of amides is 1. The van der Waals surface area contributed by atoms with E-state index < -0.39 is 57.6 Å². The van der Waals surface area contributed by atoms with Gasteiger partial charge in [-0.2, -0.15) is 0 Å². The third-order valence-corrected chi connectivity index (χ3v) is 11.0. The Labute approximate surface area is 341 Å². The maximum Gasteiger partial charge on any atom is 0.472 e. The van der Waals surface area contributed by atoms with Crippen LogP contribution in [0, 0.1) is 0 Å². The van der Waals surface area contributed by atoms with Crippen LogP contribution in [0.3, 0.4) is 0 Å². The average molecular weight is 818 g/mol. The van der Waals surface area contributed by atoms with Crippen molar-refractivity contribution in [2.24, 2.45) is 0 Å². The first-order chi connectivity index (χ1) is 27.1. The lowest BCUT2D eigenvalue weighted by Crippen LogP contribution is -2.43. The number of hydrogen-bond acceptors (Lipinski definition) is 8. The van der Waals surface area contributed by atoms with Crippen molar-refractivity contribution in [3.8, 4) is 0 Å². The predicted molar refractivity (Wildman–Crippen MR) is 226 cm³/mol. The molecule has 0 rings (SSSR count). The summed E-state index contributed by atoms with van der Waals surface area (Å²) in [5.41, 5.74) is 0. The fourth-order valence-corrected chi connectivity index (χ4v) is 7.26. The zero-order valence-electron chi connectivity index (χ0n) is 35.7. The van der Waals surface area contributed by atoms with Gasteiger partial charge in [0.05, 0.1) is 13.2 Å². The Morgan fingerprint density at radius 3 is 1.36 bits per heavy atom. The second-order valence-electron chi connectivity index (χ2n) is 15.6. The number of aliphatic carboxylic acids is 1. The van der Waals surface area contributed by atoms with Crippen molar-refractivity contribution in [3.05, 3.63) is 12.2 Å². The minimum atomic E-state index is -4.75. The highest BCUT2D eigenvalue weighted by Crippen LogP contribution is 2.43. The van der Waals surface area contributed by atoms with Crippen LogP contribution < -0.4 is 5.32 Å². The predicted octanol–water partition coefficient (Wildman–Crippen LogP) is 11.7. The van der Waals surface area contributed by atoms with Crippen molar-refractivity contribution in [2.75, 3.05) is 19.8 Å². The number of ether oxygens (including phenoxy) is 1. The van der Waals surface area contributed by atoms with Gasteiger partial charge in [-0.15, -0.1) is 0 Å². The first-order valence-electron chi connectivity index (χ1n) is 22.7. The van der Waals surface area contributed by atoms with Gasteiger partial charge in [0.25, 0.3) is 0 Å². The third-order valence-electron chi connectivity index (χ3n) is 10.1. The van der Waals surface area contributed by atoms with Crippen molar-refractivity contribution in [3.63, 3.8) is 0 Å². The van der Waals surface area contributed by atoms with Crippen molar-refractivity contribution in [1.82, 2.24) is 5.32 Å². The molecule has 0 aromatic rings. The highest BCUT2D eigenvalue weighted by atomic mass is 31.2. The molecule has 330 valence electrons. The monoisotopic (exact) mass is 818 g/mol. The van der Waals surface area contributed by atoms with Gasteiger partial charge in [0.15, 0.2) is 6.04 Å². The average Bonchev–Trinajstić information content (AvgIpc) is 3.17. The Morgan fingerprint density at radius 2 is 0.929 bits per heavy atom. The summed E-state index contributed by atoms with van der Waals surface area (Å²) in [5.74, 6) is -2.37. The normalized spacial score (nSPS) is 13.8. The number of carbonyl (C=O) groups excluding carboxylic acids is 2. The minimum Gasteiger partial charge on any atom is -0.480 e. The molecule has 0 spiro atoms. The Bertz CT molecular complexity index is 1010. The summed E-state index contributed by atoms with van der Waals surface area (Å²) in [7, 11) is -4.75. The molecule has 0 aliphatic carbocycles. The molecule has 0 fully saturated rings. The van der Waals surface area contributed by atoms with Gasteiger partial charge in [-0.1, -0.05) is 180 Å². The van der Waals surface area contributed by atoms with Crippen molar-refractivity contribution < 1.29 is 47.8 Å². The van der Waals surface area contributed by atoms with Gasteiger partial charge >= 0.3 is 19.8 Å². The van der Waals surface area contributed by atoms with E-state index in [0.717, 1.165) is 57.8 Å². The molecular weight excluding hydrogens is 733 g/mol. The van der Waals surface area contributed by atoms with Gasteiger partial charge in [-0.25, -0.2) is 9.36 Å². The highest BCUT2D eigenvalue weighted by Gasteiger charge is 2.28. The van der Waals surface area contributed by atoms with Crippen LogP contribution >= 0.6 is 7.82 Å². The number of phosphoric acid groups is 1. The largest absolute Gasteiger partial charge is 0.480 e. The molecule has 0 aromatic heterocycles. The number of carboxylic acids is 1. The van der Waals surface area contributed by atoms with E-state index in [1.165, 1.54) is 122 Å². The second kappa shape index (κ2) is 40.0. The maximum atomic E-state index is 12.3. The molecule has 4 N–H and O–H groups in total. The molecule has 56 heavy (non-hydrogen) atoms. The SMILES string of the molecule is CCCCCCCCC/C=C\CCCCCCCC(=O)OCC(O)COP(=O)(O)OCC(NC(=O)CCCCCCCCCCCCCCCCCC)C(=O)O. The van der Waals surface area contributed by atoms with Crippen LogP contribution in [-0.2, 0) is 32.7 Å². The Hall–Kier alpha value is -1.78. The lowest BCUT2D eigenvalue weighted by atomic mass is 10.0. The van der Waals surface area contributed by atoms with E-state index in [1.54, 1.807) is 0 Å². The number of unbranched alkanes of at least 4 members (excludes halogenated alkanes) is 27. The van der Waals surface area contributed by atoms with E-state index in [0.29, 0.717) is 12.8 Å². The Balaban J connectivity index is 3.88. The number of aliphatic hydroxyl groups excluding tert-OH is 1. The Kier molecular flexibility index (Phi) is 38.7. The third kappa shape index (κ3) is 39.1. The van der Waals surface area contributed by atoms with Crippen LogP contribution in [0.1, 0.15) is 219 Å². The van der Waals surface area contributed by atoms with E-state index in [4.69, 9.17) is 13.8 Å². The van der Waals surface area contributed by atoms with Gasteiger partial charge in [-0.05, 0) is 38.5 Å².